The van der Waals surface area contributed by atoms with E-state index in [1.165, 1.54) is 28.2 Å². The molecule has 6 aromatic rings. The summed E-state index contributed by atoms with van der Waals surface area (Å²) in [5, 5.41) is 13.4. The van der Waals surface area contributed by atoms with Gasteiger partial charge in [0.05, 0.1) is 32.5 Å². The van der Waals surface area contributed by atoms with Crippen molar-refractivity contribution in [1.82, 2.24) is 24.3 Å². The van der Waals surface area contributed by atoms with Gasteiger partial charge in [-0.25, -0.2) is 14.6 Å². The zero-order valence-corrected chi connectivity index (χ0v) is 21.5. The Hall–Kier alpha value is -4.94. The maximum atomic E-state index is 11.5. The van der Waals surface area contributed by atoms with Crippen LogP contribution in [0.2, 0.25) is 4.34 Å². The molecule has 0 saturated heterocycles. The van der Waals surface area contributed by atoms with Crippen LogP contribution in [0.25, 0.3) is 27.4 Å². The number of nitrogens with zero attached hydrogens (tertiary/aromatic N) is 4. The highest BCUT2D eigenvalue weighted by molar-refractivity contribution is 7.19. The molecular formula is C26H19ClN6O5S. The number of rotatable bonds is 5. The van der Waals surface area contributed by atoms with Gasteiger partial charge in [0.1, 0.15) is 5.69 Å². The quantitative estimate of drug-likeness (QED) is 0.262. The molecule has 39 heavy (non-hydrogen) atoms. The molecule has 0 bridgehead atoms. The van der Waals surface area contributed by atoms with Crippen molar-refractivity contribution >= 4 is 45.6 Å². The maximum Gasteiger partial charge on any atom is 0.372 e. The van der Waals surface area contributed by atoms with Crippen LogP contribution in [0.5, 0.6) is 0 Å². The molecule has 0 radical (unpaired) electrons. The Morgan fingerprint density at radius 1 is 1.08 bits per heavy atom. The molecule has 11 nitrogen and oxygen atoms in total. The Morgan fingerprint density at radius 3 is 2.54 bits per heavy atom. The fourth-order valence-corrected chi connectivity index (χ4v) is 4.76. The van der Waals surface area contributed by atoms with Crippen molar-refractivity contribution in [3.63, 3.8) is 0 Å². The number of halogens is 1. The summed E-state index contributed by atoms with van der Waals surface area (Å²) >= 11 is 7.32. The number of aromatic carboxylic acids is 1. The van der Waals surface area contributed by atoms with Crippen LogP contribution in [-0.2, 0) is 6.54 Å². The second kappa shape index (κ2) is 10.8. The molecule has 0 atom stereocenters. The lowest BCUT2D eigenvalue weighted by atomic mass is 10.3. The smallest absolute Gasteiger partial charge is 0.372 e. The Labute approximate surface area is 228 Å². The SMILES string of the molecule is Nc1ccc(-n2ccc(=O)[nH]c2=O)cc1.O=C(O)c1nc2ccccc2n1Cc1cc(-c2ccc(Cl)s2)on1. The Kier molecular flexibility index (Phi) is 7.12. The van der Waals surface area contributed by atoms with E-state index in [2.05, 4.69) is 15.1 Å². The highest BCUT2D eigenvalue weighted by Crippen LogP contribution is 2.31. The number of carboxylic acids is 1. The molecule has 196 valence electrons. The normalized spacial score (nSPS) is 10.8. The monoisotopic (exact) mass is 562 g/mol. The summed E-state index contributed by atoms with van der Waals surface area (Å²) in [5.74, 6) is -0.511. The number of para-hydroxylation sites is 2. The van der Waals surface area contributed by atoms with Crippen molar-refractivity contribution in [2.75, 3.05) is 5.73 Å². The predicted molar refractivity (Wildman–Crippen MR) is 148 cm³/mol. The van der Waals surface area contributed by atoms with E-state index in [9.17, 15) is 19.5 Å². The Balaban J connectivity index is 0.000000177. The fraction of sp³-hybridized carbons (Fsp3) is 0.0385. The van der Waals surface area contributed by atoms with Crippen LogP contribution in [0.3, 0.4) is 0 Å². The summed E-state index contributed by atoms with van der Waals surface area (Å²) in [5.41, 5.74) is 7.90. The molecule has 0 aliphatic carbocycles. The number of hydrogen-bond donors (Lipinski definition) is 3. The number of imidazole rings is 1. The lowest BCUT2D eigenvalue weighted by Gasteiger charge is -2.03. The largest absolute Gasteiger partial charge is 0.475 e. The average molecular weight is 563 g/mol. The minimum Gasteiger partial charge on any atom is -0.475 e. The zero-order chi connectivity index (χ0) is 27.5. The van der Waals surface area contributed by atoms with Gasteiger partial charge in [-0.15, -0.1) is 11.3 Å². The Bertz CT molecular complexity index is 1900. The van der Waals surface area contributed by atoms with Crippen LogP contribution in [-0.4, -0.2) is 35.3 Å². The standard InChI is InChI=1S/C16H10ClN3O3S.C10H9N3O2/c17-14-6-5-13(24-14)12-7-9(19-23-12)8-20-11-4-2-1-3-10(11)18-15(20)16(21)22;11-7-1-3-8(4-2-7)13-6-5-9(14)12-10(13)15/h1-7H,8H2,(H,21,22);1-6H,11H2,(H,12,14,15). The molecule has 4 aromatic heterocycles. The number of nitrogen functional groups attached to an aromatic ring is 1. The second-order valence-corrected chi connectivity index (χ2v) is 9.89. The first-order valence-electron chi connectivity index (χ1n) is 11.4. The summed E-state index contributed by atoms with van der Waals surface area (Å²) < 4.78 is 8.96. The second-order valence-electron chi connectivity index (χ2n) is 8.17. The van der Waals surface area contributed by atoms with E-state index in [1.54, 1.807) is 47.0 Å². The van der Waals surface area contributed by atoms with Crippen molar-refractivity contribution in [1.29, 1.82) is 0 Å². The summed E-state index contributed by atoms with van der Waals surface area (Å²) in [7, 11) is 0. The number of H-pyrrole nitrogens is 1. The third kappa shape index (κ3) is 5.66. The van der Waals surface area contributed by atoms with Crippen molar-refractivity contribution in [2.24, 2.45) is 0 Å². The molecule has 4 N–H and O–H groups in total. The van der Waals surface area contributed by atoms with Gasteiger partial charge >= 0.3 is 11.7 Å². The summed E-state index contributed by atoms with van der Waals surface area (Å²) in [6.07, 6.45) is 1.42. The van der Waals surface area contributed by atoms with E-state index in [1.807, 2.05) is 24.3 Å². The molecule has 0 spiro atoms. The van der Waals surface area contributed by atoms with Gasteiger partial charge in [0.15, 0.2) is 5.76 Å². The zero-order valence-electron chi connectivity index (χ0n) is 19.9. The van der Waals surface area contributed by atoms with Crippen molar-refractivity contribution < 1.29 is 14.4 Å². The average Bonchev–Trinajstić information content (AvgIpc) is 3.65. The third-order valence-corrected chi connectivity index (χ3v) is 6.78. The third-order valence-electron chi connectivity index (χ3n) is 5.54. The van der Waals surface area contributed by atoms with E-state index in [-0.39, 0.29) is 12.4 Å². The van der Waals surface area contributed by atoms with Gasteiger partial charge in [-0.2, -0.15) is 0 Å². The number of fused-ring (bicyclic) bond motifs is 1. The predicted octanol–water partition coefficient (Wildman–Crippen LogP) is 4.26. The number of aromatic amines is 1. The summed E-state index contributed by atoms with van der Waals surface area (Å²) in [4.78, 5) is 40.9. The van der Waals surface area contributed by atoms with Gasteiger partial charge < -0.3 is 19.9 Å². The van der Waals surface area contributed by atoms with E-state index in [4.69, 9.17) is 21.9 Å². The van der Waals surface area contributed by atoms with Crippen LogP contribution >= 0.6 is 22.9 Å². The van der Waals surface area contributed by atoms with E-state index in [0.717, 1.165) is 10.4 Å². The van der Waals surface area contributed by atoms with Crippen molar-refractivity contribution in [2.45, 2.75) is 6.54 Å². The molecule has 6 rings (SSSR count). The van der Waals surface area contributed by atoms with Crippen LogP contribution in [0.4, 0.5) is 5.69 Å². The number of nitrogens with two attached hydrogens (primary N) is 1. The van der Waals surface area contributed by atoms with Gasteiger partial charge in [0.2, 0.25) is 5.82 Å². The number of aromatic nitrogens is 5. The van der Waals surface area contributed by atoms with Crippen LogP contribution < -0.4 is 17.0 Å². The summed E-state index contributed by atoms with van der Waals surface area (Å²) in [6, 6.07) is 20.8. The van der Waals surface area contributed by atoms with Crippen LogP contribution in [0.1, 0.15) is 16.3 Å². The van der Waals surface area contributed by atoms with Gasteiger partial charge in [-0.3, -0.25) is 14.3 Å². The molecule has 0 unspecified atom stereocenters. The first kappa shape index (κ1) is 25.7. The molecule has 13 heteroatoms. The molecule has 0 saturated carbocycles. The molecule has 0 aliphatic heterocycles. The fourth-order valence-electron chi connectivity index (χ4n) is 3.77. The van der Waals surface area contributed by atoms with E-state index >= 15 is 0 Å². The van der Waals surface area contributed by atoms with Gasteiger partial charge in [0, 0.05) is 24.0 Å². The lowest BCUT2D eigenvalue weighted by molar-refractivity contribution is 0.0679. The van der Waals surface area contributed by atoms with Crippen LogP contribution in [0.15, 0.2) is 93.1 Å². The highest BCUT2D eigenvalue weighted by atomic mass is 35.5. The number of hydrogen-bond acceptors (Lipinski definition) is 8. The Morgan fingerprint density at radius 2 is 1.85 bits per heavy atom. The topological polar surface area (TPSA) is 162 Å². The molecular weight excluding hydrogens is 544 g/mol. The van der Waals surface area contributed by atoms with E-state index in [0.29, 0.717) is 32.7 Å². The minimum absolute atomic E-state index is 0.0279. The number of benzene rings is 2. The van der Waals surface area contributed by atoms with Crippen LogP contribution in [0, 0.1) is 0 Å². The minimum atomic E-state index is -1.08. The molecule has 4 heterocycles. The van der Waals surface area contributed by atoms with Gasteiger partial charge in [0.25, 0.3) is 5.56 Å². The first-order chi connectivity index (χ1) is 18.8. The van der Waals surface area contributed by atoms with Crippen molar-refractivity contribution in [3.05, 3.63) is 116 Å². The number of carbonyl (C=O) groups is 1. The number of thiophene rings is 1. The molecule has 2 aromatic carbocycles. The summed E-state index contributed by atoms with van der Waals surface area (Å²) in [6.45, 7) is 0.255. The van der Waals surface area contributed by atoms with Gasteiger partial charge in [-0.1, -0.05) is 28.9 Å². The number of nitrogens with one attached hydrogen (secondary N) is 1. The lowest BCUT2D eigenvalue weighted by Crippen LogP contribution is -2.27. The number of anilines is 1. The molecule has 0 aliphatic rings. The molecule has 0 amide bonds. The van der Waals surface area contributed by atoms with Crippen molar-refractivity contribution in [3.8, 4) is 16.3 Å². The first-order valence-corrected chi connectivity index (χ1v) is 12.6. The maximum absolute atomic E-state index is 11.5. The van der Waals surface area contributed by atoms with E-state index < -0.39 is 17.2 Å². The van der Waals surface area contributed by atoms with Gasteiger partial charge in [-0.05, 0) is 48.5 Å². The number of carboxylic acid groups (broad SMARTS) is 1. The highest BCUT2D eigenvalue weighted by Gasteiger charge is 2.18. The molecule has 0 fully saturated rings.